The zero-order valence-electron chi connectivity index (χ0n) is 9.88. The van der Waals surface area contributed by atoms with E-state index >= 15 is 0 Å². The highest BCUT2D eigenvalue weighted by Gasteiger charge is 2.09. The van der Waals surface area contributed by atoms with Crippen LogP contribution in [-0.4, -0.2) is 34.6 Å². The van der Waals surface area contributed by atoms with Gasteiger partial charge in [-0.1, -0.05) is 0 Å². The fraction of sp³-hybridized carbons (Fsp3) is 0.727. The molecule has 0 aliphatic carbocycles. The van der Waals surface area contributed by atoms with Crippen molar-refractivity contribution in [2.45, 2.75) is 33.7 Å². The van der Waals surface area contributed by atoms with Gasteiger partial charge in [-0.3, -0.25) is 4.68 Å². The summed E-state index contributed by atoms with van der Waals surface area (Å²) in [7, 11) is 0. The van der Waals surface area contributed by atoms with Gasteiger partial charge in [-0.05, 0) is 39.3 Å². The summed E-state index contributed by atoms with van der Waals surface area (Å²) in [6, 6.07) is 0. The third kappa shape index (κ3) is 3.04. The normalized spacial score (nSPS) is 10.9. The molecule has 1 heterocycles. The van der Waals surface area contributed by atoms with Crippen LogP contribution in [0.25, 0.3) is 0 Å². The monoisotopic (exact) mass is 211 g/mol. The lowest BCUT2D eigenvalue weighted by atomic mass is 10.1. The van der Waals surface area contributed by atoms with E-state index in [1.54, 1.807) is 0 Å². The van der Waals surface area contributed by atoms with Crippen LogP contribution in [0.5, 0.6) is 0 Å². The van der Waals surface area contributed by atoms with Gasteiger partial charge in [0.25, 0.3) is 0 Å². The van der Waals surface area contributed by atoms with E-state index < -0.39 is 0 Å². The van der Waals surface area contributed by atoms with Gasteiger partial charge in [0, 0.05) is 18.8 Å². The van der Waals surface area contributed by atoms with Crippen molar-refractivity contribution in [1.82, 2.24) is 15.1 Å². The summed E-state index contributed by atoms with van der Waals surface area (Å²) in [5, 5.41) is 16.3. The van der Waals surface area contributed by atoms with E-state index in [-0.39, 0.29) is 6.61 Å². The lowest BCUT2D eigenvalue weighted by Gasteiger charge is -2.04. The minimum absolute atomic E-state index is 0.201. The number of rotatable bonds is 6. The molecule has 0 saturated heterocycles. The molecule has 4 nitrogen and oxygen atoms in total. The first kappa shape index (κ1) is 12.2. The maximum Gasteiger partial charge on any atom is 0.0628 e. The second kappa shape index (κ2) is 5.88. The Morgan fingerprint density at radius 3 is 2.60 bits per heavy atom. The molecule has 0 aromatic carbocycles. The predicted molar refractivity (Wildman–Crippen MR) is 61.0 cm³/mol. The Kier molecular flexibility index (Phi) is 4.78. The smallest absolute Gasteiger partial charge is 0.0628 e. The number of aliphatic hydroxyl groups excluding tert-OH is 1. The molecule has 0 bridgehead atoms. The Morgan fingerprint density at radius 2 is 2.07 bits per heavy atom. The van der Waals surface area contributed by atoms with E-state index in [1.807, 2.05) is 4.68 Å². The number of nitrogens with zero attached hydrogens (tertiary/aromatic N) is 2. The Morgan fingerprint density at radius 1 is 1.33 bits per heavy atom. The highest BCUT2D eigenvalue weighted by atomic mass is 16.3. The summed E-state index contributed by atoms with van der Waals surface area (Å²) in [6.07, 6.45) is 0.984. The molecule has 0 amide bonds. The second-order valence-electron chi connectivity index (χ2n) is 3.69. The van der Waals surface area contributed by atoms with Crippen LogP contribution in [-0.2, 0) is 13.0 Å². The highest BCUT2D eigenvalue weighted by molar-refractivity contribution is 5.24. The summed E-state index contributed by atoms with van der Waals surface area (Å²) in [4.78, 5) is 0. The van der Waals surface area contributed by atoms with Gasteiger partial charge < -0.3 is 10.4 Å². The molecule has 0 fully saturated rings. The molecule has 0 spiro atoms. The van der Waals surface area contributed by atoms with Gasteiger partial charge in [-0.25, -0.2) is 0 Å². The number of nitrogens with one attached hydrogen (secondary N) is 1. The van der Waals surface area contributed by atoms with Gasteiger partial charge in [0.2, 0.25) is 0 Å². The number of hydrogen-bond acceptors (Lipinski definition) is 3. The van der Waals surface area contributed by atoms with E-state index in [0.29, 0.717) is 6.54 Å². The summed E-state index contributed by atoms with van der Waals surface area (Å²) >= 11 is 0. The highest BCUT2D eigenvalue weighted by Crippen LogP contribution is 2.12. The minimum Gasteiger partial charge on any atom is -0.395 e. The van der Waals surface area contributed by atoms with Gasteiger partial charge in [0.1, 0.15) is 0 Å². The minimum atomic E-state index is 0.201. The quantitative estimate of drug-likeness (QED) is 0.679. The average Bonchev–Trinajstić information content (AvgIpc) is 2.50. The average molecular weight is 211 g/mol. The van der Waals surface area contributed by atoms with Crippen LogP contribution < -0.4 is 5.32 Å². The summed E-state index contributed by atoms with van der Waals surface area (Å²) in [5.74, 6) is 0. The Balaban J connectivity index is 2.56. The summed E-state index contributed by atoms with van der Waals surface area (Å²) in [5.41, 5.74) is 3.73. The van der Waals surface area contributed by atoms with E-state index in [2.05, 4.69) is 31.2 Å². The molecule has 0 aliphatic rings. The van der Waals surface area contributed by atoms with E-state index in [4.69, 9.17) is 5.11 Å². The topological polar surface area (TPSA) is 50.1 Å². The molecule has 1 aromatic heterocycles. The zero-order chi connectivity index (χ0) is 11.3. The largest absolute Gasteiger partial charge is 0.395 e. The molecule has 0 aliphatic heterocycles. The van der Waals surface area contributed by atoms with Crippen molar-refractivity contribution in [1.29, 1.82) is 0 Å². The molecule has 15 heavy (non-hydrogen) atoms. The molecule has 0 radical (unpaired) electrons. The van der Waals surface area contributed by atoms with Gasteiger partial charge >= 0.3 is 0 Å². The van der Waals surface area contributed by atoms with Crippen LogP contribution in [0, 0.1) is 13.8 Å². The van der Waals surface area contributed by atoms with Crippen molar-refractivity contribution < 1.29 is 5.11 Å². The van der Waals surface area contributed by atoms with Crippen molar-refractivity contribution in [3.8, 4) is 0 Å². The first-order valence-electron chi connectivity index (χ1n) is 5.55. The van der Waals surface area contributed by atoms with Gasteiger partial charge in [-0.15, -0.1) is 0 Å². The number of aryl methyl sites for hydroxylation is 2. The molecule has 1 aromatic rings. The number of hydrogen-bond donors (Lipinski definition) is 2. The zero-order valence-corrected chi connectivity index (χ0v) is 9.88. The molecule has 0 atom stereocenters. The van der Waals surface area contributed by atoms with Gasteiger partial charge in [-0.2, -0.15) is 5.10 Å². The fourth-order valence-electron chi connectivity index (χ4n) is 1.82. The Hall–Kier alpha value is -0.870. The maximum atomic E-state index is 8.64. The van der Waals surface area contributed by atoms with E-state index in [9.17, 15) is 0 Å². The van der Waals surface area contributed by atoms with Crippen LogP contribution >= 0.6 is 0 Å². The van der Waals surface area contributed by atoms with E-state index in [0.717, 1.165) is 25.2 Å². The Bertz CT molecular complexity index is 307. The summed E-state index contributed by atoms with van der Waals surface area (Å²) in [6.45, 7) is 8.97. The molecule has 1 rings (SSSR count). The van der Waals surface area contributed by atoms with Crippen molar-refractivity contribution in [2.75, 3.05) is 19.7 Å². The SMILES string of the molecule is CCn1nc(C)c(CCNCCO)c1C. The number of aromatic nitrogens is 2. The lowest BCUT2D eigenvalue weighted by Crippen LogP contribution is -2.21. The van der Waals surface area contributed by atoms with Crippen molar-refractivity contribution in [3.63, 3.8) is 0 Å². The van der Waals surface area contributed by atoms with Crippen LogP contribution in [0.4, 0.5) is 0 Å². The first-order valence-corrected chi connectivity index (χ1v) is 5.55. The van der Waals surface area contributed by atoms with E-state index in [1.165, 1.54) is 11.3 Å². The molecular formula is C11H21N3O. The van der Waals surface area contributed by atoms with Crippen LogP contribution in [0.15, 0.2) is 0 Å². The maximum absolute atomic E-state index is 8.64. The van der Waals surface area contributed by atoms with Crippen molar-refractivity contribution in [2.24, 2.45) is 0 Å². The predicted octanol–water partition coefficient (Wildman–Crippen LogP) is 0.644. The van der Waals surface area contributed by atoms with Crippen molar-refractivity contribution in [3.05, 3.63) is 17.0 Å². The molecule has 0 saturated carbocycles. The molecule has 2 N–H and O–H groups in total. The van der Waals surface area contributed by atoms with Crippen LogP contribution in [0.2, 0.25) is 0 Å². The summed E-state index contributed by atoms with van der Waals surface area (Å²) < 4.78 is 2.04. The van der Waals surface area contributed by atoms with Gasteiger partial charge in [0.15, 0.2) is 0 Å². The molecular weight excluding hydrogens is 190 g/mol. The number of aliphatic hydroxyl groups is 1. The van der Waals surface area contributed by atoms with Crippen molar-refractivity contribution >= 4 is 0 Å². The second-order valence-corrected chi connectivity index (χ2v) is 3.69. The van der Waals surface area contributed by atoms with Crippen LogP contribution in [0.1, 0.15) is 23.9 Å². The standard InChI is InChI=1S/C11H21N3O/c1-4-14-10(3)11(9(2)13-14)5-6-12-7-8-15/h12,15H,4-8H2,1-3H3. The first-order chi connectivity index (χ1) is 7.20. The Labute approximate surface area is 91.3 Å². The lowest BCUT2D eigenvalue weighted by molar-refractivity contribution is 0.293. The third-order valence-corrected chi connectivity index (χ3v) is 2.67. The van der Waals surface area contributed by atoms with Gasteiger partial charge in [0.05, 0.1) is 12.3 Å². The van der Waals surface area contributed by atoms with Crippen LogP contribution in [0.3, 0.4) is 0 Å². The molecule has 0 unspecified atom stereocenters. The molecule has 4 heteroatoms. The molecule has 86 valence electrons. The fourth-order valence-corrected chi connectivity index (χ4v) is 1.82. The third-order valence-electron chi connectivity index (χ3n) is 2.67.